The molecule has 0 bridgehead atoms. The van der Waals surface area contributed by atoms with Crippen molar-refractivity contribution in [3.05, 3.63) is 83.7 Å². The number of carbonyl (C=O) groups is 3. The first-order valence-electron chi connectivity index (χ1n) is 12.8. The molecule has 3 aromatic rings. The van der Waals surface area contributed by atoms with E-state index < -0.39 is 36.4 Å². The summed E-state index contributed by atoms with van der Waals surface area (Å²) in [5.41, 5.74) is 4.96. The third-order valence-electron chi connectivity index (χ3n) is 5.70. The lowest BCUT2D eigenvalue weighted by atomic mass is 10.0. The summed E-state index contributed by atoms with van der Waals surface area (Å²) >= 11 is 0. The van der Waals surface area contributed by atoms with Crippen molar-refractivity contribution >= 4 is 17.9 Å². The zero-order valence-corrected chi connectivity index (χ0v) is 24.1. The van der Waals surface area contributed by atoms with Crippen molar-refractivity contribution in [3.8, 4) is 0 Å². The van der Waals surface area contributed by atoms with E-state index in [4.69, 9.17) is 34.4 Å². The van der Waals surface area contributed by atoms with E-state index in [0.717, 1.165) is 19.5 Å². The molecule has 260 valence electrons. The summed E-state index contributed by atoms with van der Waals surface area (Å²) in [5, 5.41) is 21.4. The number of aliphatic carboxylic acids is 3. The number of alkyl halides is 9. The predicted octanol–water partition coefficient (Wildman–Crippen LogP) is 5.03. The van der Waals surface area contributed by atoms with Gasteiger partial charge in [-0.1, -0.05) is 30.3 Å². The van der Waals surface area contributed by atoms with Crippen LogP contribution in [-0.2, 0) is 45.7 Å². The number of imidazole rings is 1. The molecular weight excluding hydrogens is 663 g/mol. The summed E-state index contributed by atoms with van der Waals surface area (Å²) < 4.78 is 103. The number of halogens is 9. The summed E-state index contributed by atoms with van der Waals surface area (Å²) in [4.78, 5) is 37.9. The third kappa shape index (κ3) is 14.9. The second kappa shape index (κ2) is 17.8. The molecule has 0 saturated heterocycles. The number of aryl methyl sites for hydroxylation is 1. The molecule has 0 saturated carbocycles. The van der Waals surface area contributed by atoms with Crippen LogP contribution in [0.2, 0.25) is 0 Å². The highest BCUT2D eigenvalue weighted by Gasteiger charge is 2.39. The lowest BCUT2D eigenvalue weighted by Crippen LogP contribution is -2.38. The Hall–Kier alpha value is -4.72. The number of benzene rings is 1. The molecule has 11 nitrogen and oxygen atoms in total. The molecule has 20 heteroatoms. The number of nitrogens with zero attached hydrogens (tertiary/aromatic N) is 4. The third-order valence-corrected chi connectivity index (χ3v) is 5.70. The van der Waals surface area contributed by atoms with E-state index in [1.807, 2.05) is 36.9 Å². The summed E-state index contributed by atoms with van der Waals surface area (Å²) in [6.07, 6.45) is -8.63. The Morgan fingerprint density at radius 1 is 0.809 bits per heavy atom. The van der Waals surface area contributed by atoms with Gasteiger partial charge in [-0.3, -0.25) is 9.88 Å². The highest BCUT2D eigenvalue weighted by molar-refractivity contribution is 5.73. The van der Waals surface area contributed by atoms with Crippen molar-refractivity contribution in [1.29, 1.82) is 0 Å². The van der Waals surface area contributed by atoms with Gasteiger partial charge in [-0.15, -0.1) is 0 Å². The molecule has 1 aromatic carbocycles. The Labute approximate surface area is 259 Å². The van der Waals surface area contributed by atoms with E-state index in [-0.39, 0.29) is 6.04 Å². The van der Waals surface area contributed by atoms with Crippen LogP contribution in [0.15, 0.2) is 61.2 Å². The van der Waals surface area contributed by atoms with Gasteiger partial charge in [0, 0.05) is 39.0 Å². The number of ether oxygens (including phenoxy) is 1. The van der Waals surface area contributed by atoms with Crippen LogP contribution < -0.4 is 0 Å². The van der Waals surface area contributed by atoms with Gasteiger partial charge >= 0.3 is 36.4 Å². The van der Waals surface area contributed by atoms with E-state index >= 15 is 0 Å². The fraction of sp³-hybridized carbons (Fsp3) is 0.370. The summed E-state index contributed by atoms with van der Waals surface area (Å²) in [6.45, 7) is 3.18. The summed E-state index contributed by atoms with van der Waals surface area (Å²) in [7, 11) is 2.08. The number of pyridine rings is 1. The molecule has 4 rings (SSSR count). The van der Waals surface area contributed by atoms with E-state index in [1.54, 1.807) is 0 Å². The highest BCUT2D eigenvalue weighted by atomic mass is 19.4. The van der Waals surface area contributed by atoms with Gasteiger partial charge in [0.15, 0.2) is 0 Å². The first-order valence-corrected chi connectivity index (χ1v) is 12.8. The molecule has 1 atom stereocenters. The SMILES string of the molecule is Cn1cnc2c1C(COCc1ccccc1)N(Cc1ccncc1)CC2.O=C(O)C(F)(F)F.O=C(O)C(F)(F)F.O=C(O)C(F)(F)F. The monoisotopic (exact) mass is 690 g/mol. The maximum atomic E-state index is 10.6. The van der Waals surface area contributed by atoms with Crippen LogP contribution in [0.5, 0.6) is 0 Å². The van der Waals surface area contributed by atoms with Crippen LogP contribution >= 0.6 is 0 Å². The number of aromatic nitrogens is 3. The molecule has 0 spiro atoms. The number of hydrogen-bond donors (Lipinski definition) is 3. The van der Waals surface area contributed by atoms with Gasteiger partial charge in [0.2, 0.25) is 0 Å². The predicted molar refractivity (Wildman–Crippen MR) is 141 cm³/mol. The quantitative estimate of drug-likeness (QED) is 0.300. The van der Waals surface area contributed by atoms with Crippen molar-refractivity contribution in [1.82, 2.24) is 19.4 Å². The van der Waals surface area contributed by atoms with Crippen molar-refractivity contribution in [2.24, 2.45) is 7.05 Å². The van der Waals surface area contributed by atoms with Crippen LogP contribution in [0.4, 0.5) is 39.5 Å². The second-order valence-electron chi connectivity index (χ2n) is 9.19. The van der Waals surface area contributed by atoms with E-state index in [9.17, 15) is 39.5 Å². The van der Waals surface area contributed by atoms with E-state index in [0.29, 0.717) is 13.2 Å². The zero-order chi connectivity index (χ0) is 36.0. The fourth-order valence-corrected chi connectivity index (χ4v) is 3.65. The summed E-state index contributed by atoms with van der Waals surface area (Å²) in [6, 6.07) is 14.7. The molecule has 3 N–H and O–H groups in total. The highest BCUT2D eigenvalue weighted by Crippen LogP contribution is 2.30. The smallest absolute Gasteiger partial charge is 0.475 e. The maximum Gasteiger partial charge on any atom is 0.490 e. The first-order chi connectivity index (χ1) is 21.6. The van der Waals surface area contributed by atoms with E-state index in [1.165, 1.54) is 22.5 Å². The average Bonchev–Trinajstić information content (AvgIpc) is 3.35. The first kappa shape index (κ1) is 40.3. The Kier molecular flexibility index (Phi) is 15.3. The standard InChI is InChI=1S/C21H24N4O.3C2HF3O2/c1-24-16-23-19-9-12-25(13-17-7-10-22-11-8-17)20(21(19)24)15-26-14-18-5-3-2-4-6-18;3*3-2(4,5)1(6)7/h2-8,10-11,16,20H,9,12-15H2,1H3;3*(H,6,7). The van der Waals surface area contributed by atoms with Gasteiger partial charge in [0.25, 0.3) is 0 Å². The molecule has 0 fully saturated rings. The topological polar surface area (TPSA) is 155 Å². The van der Waals surface area contributed by atoms with Crippen molar-refractivity contribution in [2.45, 2.75) is 44.1 Å². The lowest BCUT2D eigenvalue weighted by Gasteiger charge is -2.35. The van der Waals surface area contributed by atoms with Crippen LogP contribution in [0.1, 0.15) is 28.6 Å². The minimum absolute atomic E-state index is 0.211. The summed E-state index contributed by atoms with van der Waals surface area (Å²) in [5.74, 6) is -8.27. The second-order valence-corrected chi connectivity index (χ2v) is 9.19. The molecule has 0 amide bonds. The lowest BCUT2D eigenvalue weighted by molar-refractivity contribution is -0.193. The number of fused-ring (bicyclic) bond motifs is 1. The molecule has 0 radical (unpaired) electrons. The van der Waals surface area contributed by atoms with Gasteiger partial charge in [0.1, 0.15) is 0 Å². The van der Waals surface area contributed by atoms with Crippen LogP contribution in [0.25, 0.3) is 0 Å². The molecule has 1 aliphatic rings. The molecule has 1 unspecified atom stereocenters. The molecule has 3 heterocycles. The van der Waals surface area contributed by atoms with Crippen LogP contribution in [-0.4, -0.2) is 84.3 Å². The molecule has 1 aliphatic heterocycles. The number of rotatable bonds is 6. The molecule has 2 aromatic heterocycles. The van der Waals surface area contributed by atoms with Gasteiger partial charge in [0.05, 0.1) is 37.0 Å². The average molecular weight is 691 g/mol. The van der Waals surface area contributed by atoms with Crippen LogP contribution in [0, 0.1) is 0 Å². The van der Waals surface area contributed by atoms with Crippen LogP contribution in [0.3, 0.4) is 0 Å². The fourth-order valence-electron chi connectivity index (χ4n) is 3.65. The maximum absolute atomic E-state index is 10.6. The Bertz CT molecular complexity index is 1360. The molecule has 0 aliphatic carbocycles. The van der Waals surface area contributed by atoms with Gasteiger partial charge in [-0.2, -0.15) is 39.5 Å². The normalized spacial score (nSPS) is 14.6. The van der Waals surface area contributed by atoms with Gasteiger partial charge < -0.3 is 24.6 Å². The van der Waals surface area contributed by atoms with E-state index in [2.05, 4.69) is 50.7 Å². The van der Waals surface area contributed by atoms with Gasteiger partial charge in [-0.25, -0.2) is 19.4 Å². The Morgan fingerprint density at radius 3 is 1.72 bits per heavy atom. The minimum atomic E-state index is -5.08. The van der Waals surface area contributed by atoms with Crippen molar-refractivity contribution in [2.75, 3.05) is 13.2 Å². The Balaban J connectivity index is 0.000000430. The largest absolute Gasteiger partial charge is 0.490 e. The number of carboxylic acids is 3. The van der Waals surface area contributed by atoms with Crippen molar-refractivity contribution in [3.63, 3.8) is 0 Å². The minimum Gasteiger partial charge on any atom is -0.475 e. The van der Waals surface area contributed by atoms with Crippen molar-refractivity contribution < 1.29 is 74.0 Å². The number of hydrogen-bond acceptors (Lipinski definition) is 7. The molecule has 47 heavy (non-hydrogen) atoms. The zero-order valence-electron chi connectivity index (χ0n) is 24.1. The van der Waals surface area contributed by atoms with Gasteiger partial charge in [-0.05, 0) is 23.3 Å². The Morgan fingerprint density at radius 2 is 1.28 bits per heavy atom. The number of carboxylic acid groups (broad SMARTS) is 3. The molecular formula is C27H27F9N4O7.